The van der Waals surface area contributed by atoms with E-state index in [0.717, 1.165) is 12.5 Å². The molecule has 0 radical (unpaired) electrons. The maximum absolute atomic E-state index is 3.67. The van der Waals surface area contributed by atoms with Gasteiger partial charge < -0.3 is 10.2 Å². The highest BCUT2D eigenvalue weighted by atomic mass is 32.1. The number of piperidine rings is 1. The highest BCUT2D eigenvalue weighted by Crippen LogP contribution is 2.22. The van der Waals surface area contributed by atoms with E-state index < -0.39 is 0 Å². The lowest BCUT2D eigenvalue weighted by Crippen LogP contribution is -2.48. The van der Waals surface area contributed by atoms with Crippen LogP contribution in [0.25, 0.3) is 0 Å². The molecule has 0 amide bonds. The monoisotopic (exact) mass is 252 g/mol. The minimum Gasteiger partial charge on any atom is -0.313 e. The van der Waals surface area contributed by atoms with Crippen molar-refractivity contribution in [1.29, 1.82) is 0 Å². The van der Waals surface area contributed by atoms with Crippen molar-refractivity contribution < 1.29 is 0 Å². The van der Waals surface area contributed by atoms with Crippen molar-refractivity contribution in [2.75, 3.05) is 26.7 Å². The van der Waals surface area contributed by atoms with Gasteiger partial charge in [0.25, 0.3) is 0 Å². The van der Waals surface area contributed by atoms with Crippen molar-refractivity contribution >= 4 is 11.3 Å². The zero-order valence-corrected chi connectivity index (χ0v) is 11.8. The summed E-state index contributed by atoms with van der Waals surface area (Å²) in [6.45, 7) is 5.86. The summed E-state index contributed by atoms with van der Waals surface area (Å²) in [5.41, 5.74) is 0. The van der Waals surface area contributed by atoms with E-state index in [1.165, 1.54) is 32.4 Å². The molecule has 2 atom stereocenters. The van der Waals surface area contributed by atoms with E-state index in [1.807, 2.05) is 11.3 Å². The molecular formula is C14H24N2S. The van der Waals surface area contributed by atoms with Crippen molar-refractivity contribution in [2.24, 2.45) is 5.92 Å². The van der Waals surface area contributed by atoms with Gasteiger partial charge in [0, 0.05) is 24.0 Å². The number of thiophene rings is 1. The van der Waals surface area contributed by atoms with Crippen molar-refractivity contribution in [3.63, 3.8) is 0 Å². The van der Waals surface area contributed by atoms with Crippen LogP contribution in [0.5, 0.6) is 0 Å². The number of hydrogen-bond donors (Lipinski definition) is 1. The van der Waals surface area contributed by atoms with Crippen LogP contribution in [0.15, 0.2) is 17.5 Å². The minimum absolute atomic E-state index is 0.693. The summed E-state index contributed by atoms with van der Waals surface area (Å²) in [5, 5.41) is 5.86. The maximum atomic E-state index is 3.67. The van der Waals surface area contributed by atoms with Crippen LogP contribution in [0.4, 0.5) is 0 Å². The third-order valence-electron chi connectivity index (χ3n) is 3.47. The number of nitrogens with one attached hydrogen (secondary N) is 1. The first-order chi connectivity index (χ1) is 8.28. The third kappa shape index (κ3) is 4.09. The molecule has 96 valence electrons. The molecule has 0 bridgehead atoms. The highest BCUT2D eigenvalue weighted by Gasteiger charge is 2.24. The fourth-order valence-corrected chi connectivity index (χ4v) is 3.62. The number of rotatable bonds is 5. The quantitative estimate of drug-likeness (QED) is 0.866. The molecular weight excluding hydrogens is 228 g/mol. The van der Waals surface area contributed by atoms with Gasteiger partial charge in [0.15, 0.2) is 0 Å². The zero-order valence-electron chi connectivity index (χ0n) is 11.0. The Morgan fingerprint density at radius 2 is 2.35 bits per heavy atom. The van der Waals surface area contributed by atoms with Crippen LogP contribution < -0.4 is 5.32 Å². The molecule has 1 aliphatic rings. The molecule has 2 nitrogen and oxygen atoms in total. The lowest BCUT2D eigenvalue weighted by molar-refractivity contribution is 0.169. The van der Waals surface area contributed by atoms with Gasteiger partial charge in [-0.25, -0.2) is 0 Å². The molecule has 1 aliphatic heterocycles. The van der Waals surface area contributed by atoms with Crippen LogP contribution in [0.1, 0.15) is 24.6 Å². The lowest BCUT2D eigenvalue weighted by Gasteiger charge is -2.36. The zero-order chi connectivity index (χ0) is 12.1. The topological polar surface area (TPSA) is 15.3 Å². The first-order valence-electron chi connectivity index (χ1n) is 6.72. The molecule has 0 saturated carbocycles. The van der Waals surface area contributed by atoms with E-state index in [-0.39, 0.29) is 0 Å². The molecule has 0 aliphatic carbocycles. The van der Waals surface area contributed by atoms with E-state index in [4.69, 9.17) is 0 Å². The summed E-state index contributed by atoms with van der Waals surface area (Å²) in [7, 11) is 2.25. The average Bonchev–Trinajstić information content (AvgIpc) is 2.78. The summed E-state index contributed by atoms with van der Waals surface area (Å²) < 4.78 is 0. The van der Waals surface area contributed by atoms with E-state index in [9.17, 15) is 0 Å². The first-order valence-corrected chi connectivity index (χ1v) is 7.60. The molecule has 1 aromatic heterocycles. The summed E-state index contributed by atoms with van der Waals surface area (Å²) >= 11 is 1.90. The second-order valence-electron chi connectivity index (χ2n) is 5.26. The van der Waals surface area contributed by atoms with E-state index in [0.29, 0.717) is 6.04 Å². The van der Waals surface area contributed by atoms with Crippen molar-refractivity contribution in [1.82, 2.24) is 10.2 Å². The van der Waals surface area contributed by atoms with Gasteiger partial charge in [0.05, 0.1) is 0 Å². The maximum Gasteiger partial charge on any atom is 0.0198 e. The fraction of sp³-hybridized carbons (Fsp3) is 0.714. The van der Waals surface area contributed by atoms with Crippen LogP contribution in [-0.2, 0) is 6.42 Å². The van der Waals surface area contributed by atoms with Gasteiger partial charge >= 0.3 is 0 Å². The van der Waals surface area contributed by atoms with Gasteiger partial charge in [-0.3, -0.25) is 0 Å². The fourth-order valence-electron chi connectivity index (χ4n) is 2.80. The number of nitrogens with zero attached hydrogens (tertiary/aromatic N) is 1. The molecule has 3 heteroatoms. The average molecular weight is 252 g/mol. The molecule has 1 fully saturated rings. The van der Waals surface area contributed by atoms with E-state index in [1.54, 1.807) is 4.88 Å². The van der Waals surface area contributed by atoms with Crippen LogP contribution in [0, 0.1) is 5.92 Å². The van der Waals surface area contributed by atoms with E-state index in [2.05, 4.69) is 41.7 Å². The van der Waals surface area contributed by atoms with Crippen LogP contribution in [0.3, 0.4) is 0 Å². The smallest absolute Gasteiger partial charge is 0.0198 e. The van der Waals surface area contributed by atoms with Gasteiger partial charge in [0.1, 0.15) is 0 Å². The molecule has 2 rings (SSSR count). The molecule has 1 N–H and O–H groups in total. The van der Waals surface area contributed by atoms with Crippen molar-refractivity contribution in [2.45, 2.75) is 32.2 Å². The third-order valence-corrected chi connectivity index (χ3v) is 4.37. The summed E-state index contributed by atoms with van der Waals surface area (Å²) in [4.78, 5) is 4.02. The van der Waals surface area contributed by atoms with E-state index >= 15 is 0 Å². The molecule has 1 aromatic rings. The lowest BCUT2D eigenvalue weighted by atomic mass is 9.91. The molecule has 0 aromatic carbocycles. The summed E-state index contributed by atoms with van der Waals surface area (Å²) in [5.74, 6) is 0.821. The standard InChI is InChI=1S/C14H24N2S/c1-3-6-15-13-8-12(10-16(2)11-13)9-14-5-4-7-17-14/h4-5,7,12-13,15H,3,6,8-11H2,1-2H3. The van der Waals surface area contributed by atoms with Crippen LogP contribution >= 0.6 is 11.3 Å². The number of likely N-dealkylation sites (tertiary alicyclic amines) is 1. The Labute approximate surface area is 109 Å². The Hall–Kier alpha value is -0.380. The highest BCUT2D eigenvalue weighted by molar-refractivity contribution is 7.09. The Morgan fingerprint density at radius 3 is 3.06 bits per heavy atom. The predicted octanol–water partition coefficient (Wildman–Crippen LogP) is 2.61. The molecule has 1 saturated heterocycles. The molecule has 0 spiro atoms. The van der Waals surface area contributed by atoms with Gasteiger partial charge in [-0.05, 0) is 50.2 Å². The normalized spacial score (nSPS) is 26.2. The second-order valence-corrected chi connectivity index (χ2v) is 6.29. The summed E-state index contributed by atoms with van der Waals surface area (Å²) in [6.07, 6.45) is 3.82. The Morgan fingerprint density at radius 1 is 1.47 bits per heavy atom. The summed E-state index contributed by atoms with van der Waals surface area (Å²) in [6, 6.07) is 5.13. The molecule has 2 unspecified atom stereocenters. The SMILES string of the molecule is CCCNC1CC(Cc2cccs2)CN(C)C1. The van der Waals surface area contributed by atoms with Crippen molar-refractivity contribution in [3.8, 4) is 0 Å². The predicted molar refractivity (Wildman–Crippen MR) is 75.7 cm³/mol. The second kappa shape index (κ2) is 6.53. The van der Waals surface area contributed by atoms with Gasteiger partial charge in [-0.1, -0.05) is 13.0 Å². The van der Waals surface area contributed by atoms with Gasteiger partial charge in [0.2, 0.25) is 0 Å². The number of likely N-dealkylation sites (N-methyl/N-ethyl adjacent to an activating group) is 1. The van der Waals surface area contributed by atoms with Crippen LogP contribution in [-0.4, -0.2) is 37.6 Å². The Kier molecular flexibility index (Phi) is 5.01. The van der Waals surface area contributed by atoms with Gasteiger partial charge in [-0.2, -0.15) is 0 Å². The van der Waals surface area contributed by atoms with Gasteiger partial charge in [-0.15, -0.1) is 11.3 Å². The first kappa shape index (κ1) is 13.1. The molecule has 2 heterocycles. The molecule has 17 heavy (non-hydrogen) atoms. The van der Waals surface area contributed by atoms with Crippen LogP contribution in [0.2, 0.25) is 0 Å². The number of hydrogen-bond acceptors (Lipinski definition) is 3. The van der Waals surface area contributed by atoms with Crippen molar-refractivity contribution in [3.05, 3.63) is 22.4 Å². The Balaban J connectivity index is 1.85. The Bertz CT molecular complexity index is 310. The minimum atomic E-state index is 0.693. The largest absolute Gasteiger partial charge is 0.313 e.